The number of nitrogens with one attached hydrogen (secondary N) is 1. The summed E-state index contributed by atoms with van der Waals surface area (Å²) in [7, 11) is -1.46. The van der Waals surface area contributed by atoms with E-state index in [1.54, 1.807) is 0 Å². The number of carboxylic acids is 1. The van der Waals surface area contributed by atoms with Gasteiger partial charge in [0.2, 0.25) is 0 Å². The third-order valence-electron chi connectivity index (χ3n) is 3.13. The van der Waals surface area contributed by atoms with E-state index in [0.717, 1.165) is 18.2 Å². The van der Waals surface area contributed by atoms with Crippen LogP contribution in [0, 0.1) is 0 Å². The van der Waals surface area contributed by atoms with Crippen LogP contribution >= 0.6 is 0 Å². The molecule has 0 amide bonds. The Bertz CT molecular complexity index is 877. The molecule has 2 aromatic carbocycles. The molecular formula is C15H14NO7S-. The van der Waals surface area contributed by atoms with Crippen molar-refractivity contribution in [2.75, 3.05) is 18.9 Å². The number of carboxylic acid groups (broad SMARTS) is 1. The third kappa shape index (κ3) is 3.51. The van der Waals surface area contributed by atoms with Crippen LogP contribution in [0.15, 0.2) is 41.3 Å². The summed E-state index contributed by atoms with van der Waals surface area (Å²) in [6, 6.07) is 7.25. The molecule has 2 aromatic rings. The van der Waals surface area contributed by atoms with Crippen LogP contribution in [0.3, 0.4) is 0 Å². The van der Waals surface area contributed by atoms with Gasteiger partial charge in [0.25, 0.3) is 10.0 Å². The van der Waals surface area contributed by atoms with Gasteiger partial charge in [-0.1, -0.05) is 11.8 Å². The lowest BCUT2D eigenvalue weighted by Crippen LogP contribution is -2.16. The van der Waals surface area contributed by atoms with Crippen molar-refractivity contribution in [1.29, 1.82) is 0 Å². The number of anilines is 1. The summed E-state index contributed by atoms with van der Waals surface area (Å²) in [6.07, 6.45) is 0. The summed E-state index contributed by atoms with van der Waals surface area (Å²) in [6.45, 7) is 0. The zero-order chi connectivity index (χ0) is 17.9. The average Bonchev–Trinajstić information content (AvgIpc) is 2.55. The standard InChI is InChI=1S/C15H15NO7S/c1-22-10-4-6-13(23-2)14(8-10)24(20,21)16-11-5-3-9(15(18)19)7-12(11)17/h3-8,16-17H,1-2H3,(H,18,19)/p-1. The summed E-state index contributed by atoms with van der Waals surface area (Å²) >= 11 is 0. The molecule has 0 saturated carbocycles. The lowest BCUT2D eigenvalue weighted by molar-refractivity contribution is -0.267. The second kappa shape index (κ2) is 6.67. The molecule has 24 heavy (non-hydrogen) atoms. The van der Waals surface area contributed by atoms with Gasteiger partial charge in [0.05, 0.1) is 19.8 Å². The van der Waals surface area contributed by atoms with Crippen LogP contribution in [-0.2, 0) is 10.0 Å². The van der Waals surface area contributed by atoms with Gasteiger partial charge < -0.3 is 19.7 Å². The van der Waals surface area contributed by atoms with Crippen LogP contribution in [0.25, 0.3) is 0 Å². The molecule has 9 heteroatoms. The molecule has 0 heterocycles. The van der Waals surface area contributed by atoms with Crippen LogP contribution in [0.4, 0.5) is 5.69 Å². The largest absolute Gasteiger partial charge is 0.871 e. The minimum atomic E-state index is -4.15. The van der Waals surface area contributed by atoms with Crippen molar-refractivity contribution in [2.24, 2.45) is 0 Å². The molecule has 0 atom stereocenters. The number of carbonyl (C=O) groups is 1. The molecule has 0 aromatic heterocycles. The smallest absolute Gasteiger partial charge is 0.335 e. The third-order valence-corrected chi connectivity index (χ3v) is 4.52. The van der Waals surface area contributed by atoms with Crippen LogP contribution in [0.2, 0.25) is 0 Å². The van der Waals surface area contributed by atoms with Gasteiger partial charge in [-0.25, -0.2) is 13.2 Å². The molecule has 0 aliphatic carbocycles. The molecule has 2 N–H and O–H groups in total. The Balaban J connectivity index is 2.44. The summed E-state index contributed by atoms with van der Waals surface area (Å²) in [4.78, 5) is 10.6. The predicted octanol–water partition coefficient (Wildman–Crippen LogP) is 1.28. The predicted molar refractivity (Wildman–Crippen MR) is 83.2 cm³/mol. The maximum Gasteiger partial charge on any atom is 0.335 e. The Morgan fingerprint density at radius 3 is 2.38 bits per heavy atom. The Hall–Kier alpha value is -2.94. The van der Waals surface area contributed by atoms with E-state index in [1.165, 1.54) is 32.4 Å². The van der Waals surface area contributed by atoms with Gasteiger partial charge in [-0.2, -0.15) is 0 Å². The minimum Gasteiger partial charge on any atom is -0.871 e. The van der Waals surface area contributed by atoms with Crippen molar-refractivity contribution >= 4 is 21.7 Å². The summed E-state index contributed by atoms with van der Waals surface area (Å²) < 4.78 is 37.2. The fraction of sp³-hybridized carbons (Fsp3) is 0.133. The van der Waals surface area contributed by atoms with E-state index >= 15 is 0 Å². The number of hydrogen-bond acceptors (Lipinski definition) is 6. The second-order valence-electron chi connectivity index (χ2n) is 4.64. The van der Waals surface area contributed by atoms with Crippen LogP contribution in [0.5, 0.6) is 17.2 Å². The highest BCUT2D eigenvalue weighted by molar-refractivity contribution is 7.92. The highest BCUT2D eigenvalue weighted by Gasteiger charge is 2.21. The summed E-state index contributed by atoms with van der Waals surface area (Å²) in [5.74, 6) is -1.69. The van der Waals surface area contributed by atoms with Gasteiger partial charge in [0.15, 0.2) is 0 Å². The van der Waals surface area contributed by atoms with Gasteiger partial charge in [-0.3, -0.25) is 4.72 Å². The molecule has 8 nitrogen and oxygen atoms in total. The summed E-state index contributed by atoms with van der Waals surface area (Å²) in [5, 5.41) is 20.7. The van der Waals surface area contributed by atoms with E-state index in [1.807, 2.05) is 0 Å². The van der Waals surface area contributed by atoms with Crippen LogP contribution < -0.4 is 19.3 Å². The number of hydrogen-bond donors (Lipinski definition) is 2. The summed E-state index contributed by atoms with van der Waals surface area (Å²) in [5.41, 5.74) is -0.508. The first-order valence-corrected chi connectivity index (χ1v) is 8.06. The van der Waals surface area contributed by atoms with Crippen molar-refractivity contribution in [2.45, 2.75) is 4.90 Å². The topological polar surface area (TPSA) is 125 Å². The molecule has 0 bridgehead atoms. The zero-order valence-electron chi connectivity index (χ0n) is 12.8. The zero-order valence-corrected chi connectivity index (χ0v) is 13.6. The van der Waals surface area contributed by atoms with E-state index < -0.39 is 21.7 Å². The Labute approximate surface area is 138 Å². The lowest BCUT2D eigenvalue weighted by Gasteiger charge is -2.17. The van der Waals surface area contributed by atoms with Gasteiger partial charge in [-0.05, 0) is 24.3 Å². The molecule has 0 unspecified atom stereocenters. The highest BCUT2D eigenvalue weighted by atomic mass is 32.2. The quantitative estimate of drug-likeness (QED) is 0.802. The van der Waals surface area contributed by atoms with Gasteiger partial charge in [0.1, 0.15) is 16.4 Å². The fourth-order valence-corrected chi connectivity index (χ4v) is 3.19. The van der Waals surface area contributed by atoms with Crippen molar-refractivity contribution in [1.82, 2.24) is 0 Å². The average molecular weight is 352 g/mol. The van der Waals surface area contributed by atoms with Crippen LogP contribution in [0.1, 0.15) is 10.4 Å². The monoisotopic (exact) mass is 352 g/mol. The molecule has 2 rings (SSSR count). The molecule has 0 spiro atoms. The first-order valence-electron chi connectivity index (χ1n) is 6.57. The second-order valence-corrected chi connectivity index (χ2v) is 6.29. The molecular weight excluding hydrogens is 338 g/mol. The van der Waals surface area contributed by atoms with Crippen molar-refractivity contribution in [3.05, 3.63) is 42.0 Å². The van der Waals surface area contributed by atoms with Crippen LogP contribution in [-0.4, -0.2) is 33.7 Å². The number of benzene rings is 2. The maximum absolute atomic E-state index is 12.5. The van der Waals surface area contributed by atoms with E-state index in [4.69, 9.17) is 14.6 Å². The molecule has 0 aliphatic heterocycles. The van der Waals surface area contributed by atoms with Crippen molar-refractivity contribution < 1.29 is 32.9 Å². The normalized spacial score (nSPS) is 10.9. The van der Waals surface area contributed by atoms with Gasteiger partial charge in [0, 0.05) is 11.8 Å². The van der Waals surface area contributed by atoms with Gasteiger partial charge in [-0.15, -0.1) is 0 Å². The molecule has 0 fully saturated rings. The van der Waals surface area contributed by atoms with Crippen molar-refractivity contribution in [3.8, 4) is 17.2 Å². The number of ether oxygens (including phenoxy) is 2. The number of rotatable bonds is 6. The number of aromatic carboxylic acids is 1. The first-order chi connectivity index (χ1) is 11.3. The van der Waals surface area contributed by atoms with E-state index in [-0.39, 0.29) is 21.9 Å². The molecule has 0 radical (unpaired) electrons. The van der Waals surface area contributed by atoms with Crippen molar-refractivity contribution in [3.63, 3.8) is 0 Å². The Kier molecular flexibility index (Phi) is 4.84. The number of methoxy groups -OCH3 is 2. The maximum atomic E-state index is 12.5. The number of sulfonamides is 1. The van der Waals surface area contributed by atoms with E-state index in [0.29, 0.717) is 5.75 Å². The Morgan fingerprint density at radius 2 is 1.83 bits per heavy atom. The lowest BCUT2D eigenvalue weighted by atomic mass is 10.2. The SMILES string of the molecule is COc1ccc(OC)c(S(=O)(=O)Nc2ccc(C(=O)O)cc2[O-])c1. The van der Waals surface area contributed by atoms with E-state index in [9.17, 15) is 18.3 Å². The fourth-order valence-electron chi connectivity index (χ4n) is 1.93. The first kappa shape index (κ1) is 17.4. The van der Waals surface area contributed by atoms with Gasteiger partial charge >= 0.3 is 5.97 Å². The molecule has 0 aliphatic rings. The highest BCUT2D eigenvalue weighted by Crippen LogP contribution is 2.31. The van der Waals surface area contributed by atoms with E-state index in [2.05, 4.69) is 4.72 Å². The minimum absolute atomic E-state index is 0.0675. The Morgan fingerprint density at radius 1 is 1.12 bits per heavy atom. The molecule has 0 saturated heterocycles. The molecule has 128 valence electrons.